The third kappa shape index (κ3) is 7.60. The number of oxime groups is 1. The van der Waals surface area contributed by atoms with Crippen molar-refractivity contribution in [1.29, 1.82) is 0 Å². The topological polar surface area (TPSA) is 126 Å². The number of ether oxygens (including phenoxy) is 2. The van der Waals surface area contributed by atoms with Crippen LogP contribution in [0.1, 0.15) is 47.8 Å². The predicted octanol–water partition coefficient (Wildman–Crippen LogP) is 3.90. The minimum atomic E-state index is -0.647. The Bertz CT molecular complexity index is 1200. The molecule has 0 unspecified atom stereocenters. The van der Waals surface area contributed by atoms with Gasteiger partial charge < -0.3 is 25.8 Å². The van der Waals surface area contributed by atoms with Crippen molar-refractivity contribution in [3.8, 4) is 11.5 Å². The Labute approximate surface area is 204 Å². The van der Waals surface area contributed by atoms with Crippen LogP contribution in [0, 0.1) is 0 Å². The molecule has 0 aromatic heterocycles. The SMILES string of the molecule is CC(C)(C)c1ccc(OCc2cccc(C(=O)O/N=C(\N)c3ccc(OCC(N)=O)cc3)c2)cc1. The fraction of sp³-hybridized carbons (Fsp3) is 0.222. The zero-order valence-electron chi connectivity index (χ0n) is 20.0. The minimum absolute atomic E-state index is 0.0120. The third-order valence-corrected chi connectivity index (χ3v) is 5.05. The first-order valence-corrected chi connectivity index (χ1v) is 11.0. The lowest BCUT2D eigenvalue weighted by atomic mass is 9.87. The van der Waals surface area contributed by atoms with Crippen LogP contribution in [0.15, 0.2) is 78.0 Å². The average Bonchev–Trinajstić information content (AvgIpc) is 2.84. The lowest BCUT2D eigenvalue weighted by molar-refractivity contribution is -0.119. The number of carbonyl (C=O) groups excluding carboxylic acids is 2. The Morgan fingerprint density at radius 1 is 0.829 bits per heavy atom. The highest BCUT2D eigenvalue weighted by molar-refractivity contribution is 5.98. The second-order valence-electron chi connectivity index (χ2n) is 8.90. The monoisotopic (exact) mass is 475 g/mol. The molecule has 35 heavy (non-hydrogen) atoms. The van der Waals surface area contributed by atoms with Crippen molar-refractivity contribution < 1.29 is 23.9 Å². The highest BCUT2D eigenvalue weighted by Gasteiger charge is 2.13. The molecule has 1 amide bonds. The molecule has 3 aromatic carbocycles. The molecule has 0 aliphatic carbocycles. The highest BCUT2D eigenvalue weighted by atomic mass is 16.7. The fourth-order valence-electron chi connectivity index (χ4n) is 3.08. The first-order chi connectivity index (χ1) is 16.6. The molecule has 0 heterocycles. The average molecular weight is 476 g/mol. The molecular formula is C27H29N3O5. The Morgan fingerprint density at radius 3 is 2.09 bits per heavy atom. The molecule has 0 bridgehead atoms. The summed E-state index contributed by atoms with van der Waals surface area (Å²) in [4.78, 5) is 28.2. The molecule has 0 saturated heterocycles. The van der Waals surface area contributed by atoms with Crippen LogP contribution in [-0.4, -0.2) is 24.3 Å². The Morgan fingerprint density at radius 2 is 1.46 bits per heavy atom. The molecule has 0 spiro atoms. The molecule has 0 fully saturated rings. The summed E-state index contributed by atoms with van der Waals surface area (Å²) in [6.07, 6.45) is 0. The van der Waals surface area contributed by atoms with E-state index in [4.69, 9.17) is 25.8 Å². The van der Waals surface area contributed by atoms with Crippen LogP contribution in [0.5, 0.6) is 11.5 Å². The summed E-state index contributed by atoms with van der Waals surface area (Å²) in [7, 11) is 0. The molecule has 0 aliphatic heterocycles. The Hall–Kier alpha value is -4.33. The molecule has 3 aromatic rings. The van der Waals surface area contributed by atoms with Crippen molar-refractivity contribution in [1.82, 2.24) is 0 Å². The standard InChI is InChI=1S/C27H29N3O5/c1-27(2,3)21-9-13-23(14-10-21)33-16-18-5-4-6-20(15-18)26(32)35-30-25(29)19-7-11-22(12-8-19)34-17-24(28)31/h4-15H,16-17H2,1-3H3,(H2,28,31)(H2,29,30). The summed E-state index contributed by atoms with van der Waals surface area (Å²) in [5, 5.41) is 3.72. The van der Waals surface area contributed by atoms with Crippen LogP contribution in [0.3, 0.4) is 0 Å². The van der Waals surface area contributed by atoms with Crippen LogP contribution < -0.4 is 20.9 Å². The molecule has 182 valence electrons. The van der Waals surface area contributed by atoms with Crippen LogP contribution in [-0.2, 0) is 21.7 Å². The second-order valence-corrected chi connectivity index (χ2v) is 8.90. The third-order valence-electron chi connectivity index (χ3n) is 5.05. The number of rotatable bonds is 9. The van der Waals surface area contributed by atoms with E-state index in [2.05, 4.69) is 25.9 Å². The van der Waals surface area contributed by atoms with Gasteiger partial charge in [0.15, 0.2) is 12.4 Å². The minimum Gasteiger partial charge on any atom is -0.489 e. The number of nitrogens with zero attached hydrogens (tertiary/aromatic N) is 1. The molecular weight excluding hydrogens is 446 g/mol. The van der Waals surface area contributed by atoms with E-state index in [0.29, 0.717) is 23.5 Å². The molecule has 8 heteroatoms. The number of hydrogen-bond acceptors (Lipinski definition) is 6. The van der Waals surface area contributed by atoms with Crippen molar-refractivity contribution in [3.05, 3.63) is 95.1 Å². The Kier molecular flexibility index (Phi) is 8.09. The van der Waals surface area contributed by atoms with Gasteiger partial charge >= 0.3 is 5.97 Å². The maximum atomic E-state index is 12.5. The van der Waals surface area contributed by atoms with E-state index in [9.17, 15) is 9.59 Å². The molecule has 4 N–H and O–H groups in total. The van der Waals surface area contributed by atoms with E-state index in [0.717, 1.165) is 11.3 Å². The molecule has 0 saturated carbocycles. The summed E-state index contributed by atoms with van der Waals surface area (Å²) in [6.45, 7) is 6.54. The summed E-state index contributed by atoms with van der Waals surface area (Å²) >= 11 is 0. The number of primary amides is 1. The van der Waals surface area contributed by atoms with Crippen molar-refractivity contribution in [2.24, 2.45) is 16.6 Å². The first-order valence-electron chi connectivity index (χ1n) is 11.0. The van der Waals surface area contributed by atoms with Crippen LogP contribution >= 0.6 is 0 Å². The molecule has 8 nitrogen and oxygen atoms in total. The van der Waals surface area contributed by atoms with Gasteiger partial charge in [-0.3, -0.25) is 4.79 Å². The highest BCUT2D eigenvalue weighted by Crippen LogP contribution is 2.24. The van der Waals surface area contributed by atoms with Gasteiger partial charge in [0.25, 0.3) is 5.91 Å². The van der Waals surface area contributed by atoms with E-state index in [1.165, 1.54) is 5.56 Å². The fourth-order valence-corrected chi connectivity index (χ4v) is 3.08. The molecule has 0 radical (unpaired) electrons. The second kappa shape index (κ2) is 11.2. The quantitative estimate of drug-likeness (QED) is 0.209. The van der Waals surface area contributed by atoms with E-state index in [-0.39, 0.29) is 17.9 Å². The lowest BCUT2D eigenvalue weighted by Crippen LogP contribution is -2.20. The summed E-state index contributed by atoms with van der Waals surface area (Å²) in [5.41, 5.74) is 13.9. The van der Waals surface area contributed by atoms with Gasteiger partial charge in [-0.1, -0.05) is 50.2 Å². The van der Waals surface area contributed by atoms with Gasteiger partial charge in [0.2, 0.25) is 0 Å². The van der Waals surface area contributed by atoms with Crippen LogP contribution in [0.2, 0.25) is 0 Å². The van der Waals surface area contributed by atoms with E-state index in [1.54, 1.807) is 42.5 Å². The van der Waals surface area contributed by atoms with Crippen LogP contribution in [0.4, 0.5) is 0 Å². The zero-order valence-corrected chi connectivity index (χ0v) is 20.0. The Balaban J connectivity index is 1.57. The zero-order chi connectivity index (χ0) is 25.4. The van der Waals surface area contributed by atoms with Crippen molar-refractivity contribution in [2.45, 2.75) is 32.8 Å². The van der Waals surface area contributed by atoms with Crippen molar-refractivity contribution in [3.63, 3.8) is 0 Å². The number of benzene rings is 3. The van der Waals surface area contributed by atoms with E-state index in [1.807, 2.05) is 30.3 Å². The number of carbonyl (C=O) groups is 2. The summed E-state index contributed by atoms with van der Waals surface area (Å²) < 4.78 is 11.0. The maximum absolute atomic E-state index is 12.5. The maximum Gasteiger partial charge on any atom is 0.365 e. The number of amidine groups is 1. The number of hydrogen-bond donors (Lipinski definition) is 2. The number of nitrogens with two attached hydrogens (primary N) is 2. The van der Waals surface area contributed by atoms with Gasteiger partial charge in [-0.15, -0.1) is 0 Å². The normalized spacial score (nSPS) is 11.6. The smallest absolute Gasteiger partial charge is 0.365 e. The largest absolute Gasteiger partial charge is 0.489 e. The summed E-state index contributed by atoms with van der Waals surface area (Å²) in [5.74, 6) is -0.0212. The molecule has 3 rings (SSSR count). The van der Waals surface area contributed by atoms with Gasteiger partial charge in [0.1, 0.15) is 18.1 Å². The van der Waals surface area contributed by atoms with Crippen LogP contribution in [0.25, 0.3) is 0 Å². The predicted molar refractivity (Wildman–Crippen MR) is 133 cm³/mol. The lowest BCUT2D eigenvalue weighted by Gasteiger charge is -2.19. The van der Waals surface area contributed by atoms with Gasteiger partial charge in [-0.25, -0.2) is 4.79 Å². The van der Waals surface area contributed by atoms with Gasteiger partial charge in [0.05, 0.1) is 5.56 Å². The molecule has 0 atom stereocenters. The first kappa shape index (κ1) is 25.3. The van der Waals surface area contributed by atoms with Gasteiger partial charge in [-0.2, -0.15) is 0 Å². The van der Waals surface area contributed by atoms with E-state index < -0.39 is 11.9 Å². The number of amides is 1. The van der Waals surface area contributed by atoms with Crippen molar-refractivity contribution >= 4 is 17.7 Å². The van der Waals surface area contributed by atoms with Gasteiger partial charge in [-0.05, 0) is 65.1 Å². The molecule has 0 aliphatic rings. The van der Waals surface area contributed by atoms with Gasteiger partial charge in [0, 0.05) is 5.56 Å². The summed E-state index contributed by atoms with van der Waals surface area (Å²) in [6, 6.07) is 21.3. The van der Waals surface area contributed by atoms with E-state index >= 15 is 0 Å². The van der Waals surface area contributed by atoms with Crippen molar-refractivity contribution in [2.75, 3.05) is 6.61 Å².